The largest absolute Gasteiger partial charge is 0.282 e. The predicted octanol–water partition coefficient (Wildman–Crippen LogP) is 1.80. The van der Waals surface area contributed by atoms with Gasteiger partial charge in [-0.2, -0.15) is 0 Å². The van der Waals surface area contributed by atoms with Crippen LogP contribution in [0.1, 0.15) is 19.8 Å². The van der Waals surface area contributed by atoms with Crippen LogP contribution in [0.5, 0.6) is 0 Å². The molecule has 0 atom stereocenters. The third-order valence-electron chi connectivity index (χ3n) is 0.414. The van der Waals surface area contributed by atoms with E-state index in [2.05, 4.69) is 23.4 Å². The van der Waals surface area contributed by atoms with Crippen LogP contribution in [0.2, 0.25) is 0 Å². The molecule has 0 unspecified atom stereocenters. The lowest BCUT2D eigenvalue weighted by atomic mass is 10.3. The Hall–Kier alpha value is -0.920. The quantitative estimate of drug-likeness (QED) is 0.322. The Morgan fingerprint density at radius 2 is 1.60 bits per heavy atom. The second-order valence-corrected chi connectivity index (χ2v) is 1.91. The average molecular weight is 157 g/mol. The minimum Gasteiger partial charge on any atom is -0.282 e. The number of terminal acetylenes is 2. The van der Waals surface area contributed by atoms with Crippen molar-refractivity contribution in [2.45, 2.75) is 19.8 Å². The monoisotopic (exact) mass is 156 g/mol. The van der Waals surface area contributed by atoms with Crippen LogP contribution in [0.4, 0.5) is 0 Å². The molecule has 0 aromatic carbocycles. The molecule has 0 bridgehead atoms. The molecule has 0 aliphatic rings. The molecule has 0 saturated carbocycles. The van der Waals surface area contributed by atoms with Crippen LogP contribution in [0, 0.1) is 24.7 Å². The molecule has 0 N–H and O–H groups in total. The van der Waals surface area contributed by atoms with Gasteiger partial charge in [-0.25, -0.2) is 0 Å². The van der Waals surface area contributed by atoms with Crippen LogP contribution in [-0.4, -0.2) is 5.24 Å². The summed E-state index contributed by atoms with van der Waals surface area (Å²) in [6.45, 7) is 1.29. The molecule has 54 valence electrons. The van der Waals surface area contributed by atoms with Gasteiger partial charge in [0.15, 0.2) is 0 Å². The zero-order valence-electron chi connectivity index (χ0n) is 5.86. The second kappa shape index (κ2) is 11.0. The van der Waals surface area contributed by atoms with Crippen molar-refractivity contribution < 1.29 is 4.79 Å². The molecule has 0 fully saturated rings. The molecule has 0 radical (unpaired) electrons. The van der Waals surface area contributed by atoms with Gasteiger partial charge < -0.3 is 0 Å². The Labute approximate surface area is 66.8 Å². The molecule has 0 aromatic rings. The number of carbonyl (C=O) groups is 1. The van der Waals surface area contributed by atoms with Gasteiger partial charge >= 0.3 is 0 Å². The number of hydrogen-bond donors (Lipinski definition) is 0. The molecule has 1 nitrogen and oxygen atoms in total. The molecular weight excluding hydrogens is 148 g/mol. The van der Waals surface area contributed by atoms with Gasteiger partial charge in [0.25, 0.3) is 0 Å². The Bertz CT molecular complexity index is 141. The lowest BCUT2D eigenvalue weighted by molar-refractivity contribution is -0.109. The lowest BCUT2D eigenvalue weighted by Crippen LogP contribution is -1.62. The Morgan fingerprint density at radius 3 is 1.70 bits per heavy atom. The number of rotatable bonds is 1. The summed E-state index contributed by atoms with van der Waals surface area (Å²) in [5.41, 5.74) is 0. The molecule has 0 aromatic heterocycles. The smallest absolute Gasteiger partial charge is 0.218 e. The first-order valence-corrected chi connectivity index (χ1v) is 3.06. The number of hydrogen-bond acceptors (Lipinski definition) is 1. The highest BCUT2D eigenvalue weighted by Gasteiger charge is 1.67. The zero-order valence-corrected chi connectivity index (χ0v) is 6.61. The fourth-order valence-corrected chi connectivity index (χ4v) is 0.144. The summed E-state index contributed by atoms with van der Waals surface area (Å²) in [5, 5.41) is -0.361. The van der Waals surface area contributed by atoms with E-state index in [-0.39, 0.29) is 5.24 Å². The SMILES string of the molecule is C#CCCC#C.CC(=O)Cl. The molecule has 2 heteroatoms. The van der Waals surface area contributed by atoms with Crippen LogP contribution in [-0.2, 0) is 4.79 Å². The van der Waals surface area contributed by atoms with Crippen molar-refractivity contribution in [3.05, 3.63) is 0 Å². The Kier molecular flexibility index (Phi) is 13.0. The molecular formula is C8H9ClO. The fourth-order valence-electron chi connectivity index (χ4n) is 0.144. The topological polar surface area (TPSA) is 17.1 Å². The van der Waals surface area contributed by atoms with Crippen molar-refractivity contribution in [1.82, 2.24) is 0 Å². The van der Waals surface area contributed by atoms with E-state index in [1.54, 1.807) is 0 Å². The van der Waals surface area contributed by atoms with Crippen molar-refractivity contribution in [3.63, 3.8) is 0 Å². The van der Waals surface area contributed by atoms with E-state index in [0.29, 0.717) is 12.8 Å². The fraction of sp³-hybridized carbons (Fsp3) is 0.375. The van der Waals surface area contributed by atoms with Crippen LogP contribution in [0.15, 0.2) is 0 Å². The van der Waals surface area contributed by atoms with Crippen molar-refractivity contribution >= 4 is 16.8 Å². The molecule has 0 aliphatic heterocycles. The Morgan fingerprint density at radius 1 is 1.40 bits per heavy atom. The minimum absolute atomic E-state index is 0.361. The second-order valence-electron chi connectivity index (χ2n) is 1.38. The van der Waals surface area contributed by atoms with Gasteiger partial charge in [0, 0.05) is 19.8 Å². The highest BCUT2D eigenvalue weighted by molar-refractivity contribution is 6.62. The first kappa shape index (κ1) is 11.8. The van der Waals surface area contributed by atoms with Gasteiger partial charge in [-0.3, -0.25) is 4.79 Å². The van der Waals surface area contributed by atoms with E-state index in [1.165, 1.54) is 6.92 Å². The lowest BCUT2D eigenvalue weighted by Gasteiger charge is -1.70. The molecule has 0 spiro atoms. The Balaban J connectivity index is 0. The maximum atomic E-state index is 9.21. The predicted molar refractivity (Wildman–Crippen MR) is 43.4 cm³/mol. The van der Waals surface area contributed by atoms with E-state index >= 15 is 0 Å². The van der Waals surface area contributed by atoms with E-state index < -0.39 is 0 Å². The van der Waals surface area contributed by atoms with Gasteiger partial charge in [-0.1, -0.05) is 0 Å². The van der Waals surface area contributed by atoms with Gasteiger partial charge in [-0.15, -0.1) is 24.7 Å². The normalized spacial score (nSPS) is 6.00. The average Bonchev–Trinajstić information content (AvgIpc) is 1.82. The summed E-state index contributed by atoms with van der Waals surface area (Å²) in [6.07, 6.45) is 11.1. The third kappa shape index (κ3) is 60.5. The van der Waals surface area contributed by atoms with E-state index in [0.717, 1.165) is 0 Å². The zero-order chi connectivity index (χ0) is 8.41. The first-order valence-electron chi connectivity index (χ1n) is 2.68. The highest BCUT2D eigenvalue weighted by Crippen LogP contribution is 1.78. The van der Waals surface area contributed by atoms with E-state index in [4.69, 9.17) is 12.8 Å². The van der Waals surface area contributed by atoms with Gasteiger partial charge in [0.2, 0.25) is 5.24 Å². The van der Waals surface area contributed by atoms with Crippen LogP contribution in [0.25, 0.3) is 0 Å². The van der Waals surface area contributed by atoms with E-state index in [1.807, 2.05) is 0 Å². The van der Waals surface area contributed by atoms with Crippen molar-refractivity contribution in [2.24, 2.45) is 0 Å². The van der Waals surface area contributed by atoms with Crippen LogP contribution in [0.3, 0.4) is 0 Å². The summed E-state index contributed by atoms with van der Waals surface area (Å²) in [5.74, 6) is 4.85. The van der Waals surface area contributed by atoms with Gasteiger partial charge in [0.1, 0.15) is 0 Å². The van der Waals surface area contributed by atoms with Crippen molar-refractivity contribution in [3.8, 4) is 24.7 Å². The number of unbranched alkanes of at least 4 members (excludes halogenated alkanes) is 1. The number of halogens is 1. The molecule has 0 heterocycles. The van der Waals surface area contributed by atoms with Gasteiger partial charge in [0.05, 0.1) is 0 Å². The molecule has 0 aliphatic carbocycles. The maximum absolute atomic E-state index is 9.21. The summed E-state index contributed by atoms with van der Waals surface area (Å²) in [4.78, 5) is 9.21. The summed E-state index contributed by atoms with van der Waals surface area (Å²) < 4.78 is 0. The first-order chi connectivity index (χ1) is 4.65. The highest BCUT2D eigenvalue weighted by atomic mass is 35.5. The van der Waals surface area contributed by atoms with Crippen LogP contribution >= 0.6 is 11.6 Å². The molecule has 0 saturated heterocycles. The summed E-state index contributed by atoms with van der Waals surface area (Å²) in [6, 6.07) is 0. The number of carbonyl (C=O) groups excluding carboxylic acids is 1. The van der Waals surface area contributed by atoms with Crippen molar-refractivity contribution in [2.75, 3.05) is 0 Å². The molecule has 10 heavy (non-hydrogen) atoms. The molecule has 0 amide bonds. The standard InChI is InChI=1S/C6H6.C2H3ClO/c1-3-5-6-4-2;1-2(3)4/h1-2H,5-6H2;1H3. The minimum atomic E-state index is -0.361. The third-order valence-corrected chi connectivity index (χ3v) is 0.414. The summed E-state index contributed by atoms with van der Waals surface area (Å²) in [7, 11) is 0. The van der Waals surface area contributed by atoms with Crippen LogP contribution < -0.4 is 0 Å². The summed E-state index contributed by atoms with van der Waals surface area (Å²) >= 11 is 4.64. The molecule has 0 rings (SSSR count). The maximum Gasteiger partial charge on any atom is 0.218 e. The van der Waals surface area contributed by atoms with E-state index in [9.17, 15) is 4.79 Å². The van der Waals surface area contributed by atoms with Gasteiger partial charge in [-0.05, 0) is 11.6 Å². The van der Waals surface area contributed by atoms with Crippen molar-refractivity contribution in [1.29, 1.82) is 0 Å².